The lowest BCUT2D eigenvalue weighted by Crippen LogP contribution is -2.45. The van der Waals surface area contributed by atoms with E-state index in [0.717, 1.165) is 18.8 Å². The molecule has 1 fully saturated rings. The molecule has 0 atom stereocenters. The Labute approximate surface area is 136 Å². The van der Waals surface area contributed by atoms with Gasteiger partial charge in [0.2, 0.25) is 0 Å². The molecular weight excluding hydrogens is 288 g/mol. The number of aryl methyl sites for hydroxylation is 2. The van der Waals surface area contributed by atoms with Gasteiger partial charge in [-0.25, -0.2) is 0 Å². The van der Waals surface area contributed by atoms with Gasteiger partial charge in [0.15, 0.2) is 0 Å². The predicted octanol–water partition coefficient (Wildman–Crippen LogP) is 2.84. The van der Waals surface area contributed by atoms with Crippen molar-refractivity contribution in [1.82, 2.24) is 9.78 Å². The van der Waals surface area contributed by atoms with E-state index in [1.54, 1.807) is 10.9 Å². The molecule has 0 N–H and O–H groups in total. The van der Waals surface area contributed by atoms with Crippen LogP contribution in [0, 0.1) is 6.92 Å². The van der Waals surface area contributed by atoms with Crippen LogP contribution in [-0.4, -0.2) is 34.8 Å². The third-order valence-electron chi connectivity index (χ3n) is 4.83. The summed E-state index contributed by atoms with van der Waals surface area (Å²) in [6.45, 7) is 6.50. The Balaban J connectivity index is 1.75. The summed E-state index contributed by atoms with van der Waals surface area (Å²) >= 11 is 0. The smallest absolute Gasteiger partial charge is 0.276 e. The molecule has 1 aromatic carbocycles. The van der Waals surface area contributed by atoms with Crippen LogP contribution in [0.25, 0.3) is 0 Å². The monoisotopic (exact) mass is 310 g/mol. The highest BCUT2D eigenvalue weighted by Gasteiger charge is 2.36. The lowest BCUT2D eigenvalue weighted by molar-refractivity contribution is 0.0976. The molecule has 2 aromatic rings. The van der Waals surface area contributed by atoms with Gasteiger partial charge in [-0.1, -0.05) is 12.1 Å². The van der Waals surface area contributed by atoms with Gasteiger partial charge in [-0.05, 0) is 44.4 Å². The molecule has 0 spiro atoms. The van der Waals surface area contributed by atoms with E-state index in [9.17, 15) is 4.79 Å². The van der Waals surface area contributed by atoms with Crippen LogP contribution in [0.5, 0.6) is 0 Å². The SMILES string of the molecule is CCn1nccc1C(=O)N1CCN(C2CC2)c2c(C)cccc21. The van der Waals surface area contributed by atoms with E-state index in [1.165, 1.54) is 24.1 Å². The van der Waals surface area contributed by atoms with Crippen LogP contribution >= 0.6 is 0 Å². The molecule has 120 valence electrons. The van der Waals surface area contributed by atoms with Crippen LogP contribution in [-0.2, 0) is 6.54 Å². The average molecular weight is 310 g/mol. The Kier molecular flexibility index (Phi) is 3.36. The number of amides is 1. The summed E-state index contributed by atoms with van der Waals surface area (Å²) in [6.07, 6.45) is 4.24. The zero-order valence-electron chi connectivity index (χ0n) is 13.7. The van der Waals surface area contributed by atoms with Crippen LogP contribution in [0.3, 0.4) is 0 Å². The highest BCUT2D eigenvalue weighted by molar-refractivity contribution is 6.07. The summed E-state index contributed by atoms with van der Waals surface area (Å²) in [5.41, 5.74) is 4.19. The van der Waals surface area contributed by atoms with E-state index < -0.39 is 0 Å². The molecule has 5 heteroatoms. The molecule has 5 nitrogen and oxygen atoms in total. The molecule has 1 aliphatic heterocycles. The molecule has 1 amide bonds. The molecule has 1 aliphatic carbocycles. The topological polar surface area (TPSA) is 41.4 Å². The van der Waals surface area contributed by atoms with Gasteiger partial charge in [-0.3, -0.25) is 9.48 Å². The number of nitrogens with zero attached hydrogens (tertiary/aromatic N) is 4. The number of fused-ring (bicyclic) bond motifs is 1. The van der Waals surface area contributed by atoms with Crippen molar-refractivity contribution >= 4 is 17.3 Å². The first-order valence-electron chi connectivity index (χ1n) is 8.40. The maximum absolute atomic E-state index is 13.1. The van der Waals surface area contributed by atoms with E-state index >= 15 is 0 Å². The van der Waals surface area contributed by atoms with Crippen LogP contribution in [0.2, 0.25) is 0 Å². The molecular formula is C18H22N4O. The number of para-hydroxylation sites is 1. The fraction of sp³-hybridized carbons (Fsp3) is 0.444. The summed E-state index contributed by atoms with van der Waals surface area (Å²) in [4.78, 5) is 17.5. The summed E-state index contributed by atoms with van der Waals surface area (Å²) in [5.74, 6) is 0.0478. The number of hydrogen-bond donors (Lipinski definition) is 0. The lowest BCUT2D eigenvalue weighted by atomic mass is 10.1. The molecule has 0 saturated heterocycles. The Morgan fingerprint density at radius 1 is 1.26 bits per heavy atom. The van der Waals surface area contributed by atoms with Crippen molar-refractivity contribution in [2.24, 2.45) is 0 Å². The van der Waals surface area contributed by atoms with Crippen LogP contribution in [0.4, 0.5) is 11.4 Å². The minimum atomic E-state index is 0.0478. The largest absolute Gasteiger partial charge is 0.365 e. The molecule has 2 heterocycles. The Morgan fingerprint density at radius 2 is 2.09 bits per heavy atom. The first kappa shape index (κ1) is 14.3. The quantitative estimate of drug-likeness (QED) is 0.875. The number of anilines is 2. The zero-order chi connectivity index (χ0) is 16.0. The van der Waals surface area contributed by atoms with Crippen molar-refractivity contribution in [3.8, 4) is 0 Å². The van der Waals surface area contributed by atoms with E-state index in [2.05, 4.69) is 29.1 Å². The molecule has 23 heavy (non-hydrogen) atoms. The standard InChI is InChI=1S/C18H22N4O/c1-3-22-16(9-10-19-22)18(23)21-12-11-20(14-7-8-14)17-13(2)5-4-6-15(17)21/h4-6,9-10,14H,3,7-8,11-12H2,1-2H3. The van der Waals surface area contributed by atoms with Crippen LogP contribution < -0.4 is 9.80 Å². The number of carbonyl (C=O) groups excluding carboxylic acids is 1. The highest BCUT2D eigenvalue weighted by atomic mass is 16.2. The normalized spacial score (nSPS) is 17.3. The van der Waals surface area contributed by atoms with Crippen molar-refractivity contribution in [2.75, 3.05) is 22.9 Å². The molecule has 4 rings (SSSR count). The van der Waals surface area contributed by atoms with Gasteiger partial charge < -0.3 is 9.80 Å². The first-order valence-corrected chi connectivity index (χ1v) is 8.40. The molecule has 0 radical (unpaired) electrons. The van der Waals surface area contributed by atoms with Gasteiger partial charge in [0.05, 0.1) is 11.4 Å². The number of hydrogen-bond acceptors (Lipinski definition) is 3. The third kappa shape index (κ3) is 2.31. The van der Waals surface area contributed by atoms with E-state index in [-0.39, 0.29) is 5.91 Å². The van der Waals surface area contributed by atoms with Crippen molar-refractivity contribution in [3.05, 3.63) is 41.7 Å². The summed E-state index contributed by atoms with van der Waals surface area (Å²) in [5, 5.41) is 4.24. The second kappa shape index (κ2) is 5.41. The van der Waals surface area contributed by atoms with Crippen molar-refractivity contribution in [3.63, 3.8) is 0 Å². The predicted molar refractivity (Wildman–Crippen MR) is 91.1 cm³/mol. The van der Waals surface area contributed by atoms with Gasteiger partial charge in [0, 0.05) is 31.9 Å². The second-order valence-electron chi connectivity index (χ2n) is 6.36. The van der Waals surface area contributed by atoms with Crippen LogP contribution in [0.1, 0.15) is 35.8 Å². The molecule has 0 unspecified atom stereocenters. The number of rotatable bonds is 3. The average Bonchev–Trinajstić information content (AvgIpc) is 3.30. The van der Waals surface area contributed by atoms with E-state index in [1.807, 2.05) is 24.0 Å². The van der Waals surface area contributed by atoms with Gasteiger partial charge in [-0.15, -0.1) is 0 Å². The highest BCUT2D eigenvalue weighted by Crippen LogP contribution is 2.42. The van der Waals surface area contributed by atoms with Crippen molar-refractivity contribution in [2.45, 2.75) is 39.3 Å². The Morgan fingerprint density at radius 3 is 2.83 bits per heavy atom. The van der Waals surface area contributed by atoms with E-state index in [4.69, 9.17) is 0 Å². The maximum atomic E-state index is 13.1. The first-order chi connectivity index (χ1) is 11.2. The molecule has 1 saturated carbocycles. The molecule has 2 aliphatic rings. The van der Waals surface area contributed by atoms with Gasteiger partial charge in [0.1, 0.15) is 5.69 Å². The fourth-order valence-electron chi connectivity index (χ4n) is 3.54. The Hall–Kier alpha value is -2.30. The second-order valence-corrected chi connectivity index (χ2v) is 6.36. The Bertz CT molecular complexity index is 747. The summed E-state index contributed by atoms with van der Waals surface area (Å²) in [7, 11) is 0. The summed E-state index contributed by atoms with van der Waals surface area (Å²) in [6, 6.07) is 8.73. The van der Waals surface area contributed by atoms with E-state index in [0.29, 0.717) is 18.3 Å². The number of carbonyl (C=O) groups is 1. The summed E-state index contributed by atoms with van der Waals surface area (Å²) < 4.78 is 1.77. The third-order valence-corrected chi connectivity index (χ3v) is 4.83. The minimum absolute atomic E-state index is 0.0478. The van der Waals surface area contributed by atoms with Crippen molar-refractivity contribution < 1.29 is 4.79 Å². The number of benzene rings is 1. The maximum Gasteiger partial charge on any atom is 0.276 e. The fourth-order valence-corrected chi connectivity index (χ4v) is 3.54. The molecule has 1 aromatic heterocycles. The number of aromatic nitrogens is 2. The molecule has 0 bridgehead atoms. The van der Waals surface area contributed by atoms with Gasteiger partial charge >= 0.3 is 0 Å². The zero-order valence-corrected chi connectivity index (χ0v) is 13.7. The van der Waals surface area contributed by atoms with Crippen molar-refractivity contribution in [1.29, 1.82) is 0 Å². The lowest BCUT2D eigenvalue weighted by Gasteiger charge is -2.39. The van der Waals surface area contributed by atoms with Gasteiger partial charge in [0.25, 0.3) is 5.91 Å². The minimum Gasteiger partial charge on any atom is -0.365 e. The van der Waals surface area contributed by atoms with Gasteiger partial charge in [-0.2, -0.15) is 5.10 Å². The van der Waals surface area contributed by atoms with Crippen LogP contribution in [0.15, 0.2) is 30.5 Å².